The maximum atomic E-state index is 11.9. The molecule has 1 aromatic heterocycles. The Morgan fingerprint density at radius 2 is 2.27 bits per heavy atom. The molecule has 2 heterocycles. The molecular weight excluding hydrogens is 298 g/mol. The third-order valence-corrected chi connectivity index (χ3v) is 5.30. The van der Waals surface area contributed by atoms with E-state index in [1.165, 1.54) is 0 Å². The van der Waals surface area contributed by atoms with Crippen molar-refractivity contribution in [2.75, 3.05) is 18.5 Å². The number of fused-ring (bicyclic) bond motifs is 1. The van der Waals surface area contributed by atoms with Crippen LogP contribution in [-0.2, 0) is 11.2 Å². The monoisotopic (exact) mass is 319 g/mol. The van der Waals surface area contributed by atoms with Crippen LogP contribution in [0.15, 0.2) is 23.1 Å². The zero-order chi connectivity index (χ0) is 15.7. The minimum atomic E-state index is -0.910. The number of carbonyl (C=O) groups is 1. The number of nitrogen functional groups attached to an aromatic ring is 1. The van der Waals surface area contributed by atoms with Gasteiger partial charge in [0.05, 0.1) is 0 Å². The first-order chi connectivity index (χ1) is 10.6. The van der Waals surface area contributed by atoms with Crippen molar-refractivity contribution in [3.8, 4) is 0 Å². The molecule has 0 unspecified atom stereocenters. The van der Waals surface area contributed by atoms with E-state index in [0.717, 1.165) is 40.7 Å². The number of rotatable bonds is 4. The predicted octanol–water partition coefficient (Wildman–Crippen LogP) is 2.61. The van der Waals surface area contributed by atoms with Crippen LogP contribution in [0.4, 0.5) is 5.82 Å². The Bertz CT molecular complexity index is 705. The first-order valence-corrected chi connectivity index (χ1v) is 8.71. The van der Waals surface area contributed by atoms with Gasteiger partial charge in [-0.1, -0.05) is 6.07 Å². The van der Waals surface area contributed by atoms with Crippen molar-refractivity contribution in [1.29, 1.82) is 0 Å². The smallest absolute Gasteiger partial charge is 0.324 e. The highest BCUT2D eigenvalue weighted by atomic mass is 32.2. The molecule has 3 rings (SSSR count). The summed E-state index contributed by atoms with van der Waals surface area (Å²) in [6.45, 7) is 0.740. The van der Waals surface area contributed by atoms with E-state index in [-0.39, 0.29) is 0 Å². The van der Waals surface area contributed by atoms with Crippen LogP contribution in [0.25, 0.3) is 10.9 Å². The predicted molar refractivity (Wildman–Crippen MR) is 90.4 cm³/mol. The fourth-order valence-electron chi connectivity index (χ4n) is 3.33. The van der Waals surface area contributed by atoms with E-state index in [4.69, 9.17) is 5.73 Å². The fourth-order valence-corrected chi connectivity index (χ4v) is 3.99. The molecule has 6 heteroatoms. The standard InChI is InChI=1S/C16H21N3O2S/c1-22-12-6-4-5-11-13(12)10(14(17)19-11)9-16(15(20)21)7-2-3-8-18-16/h4-6,18-19H,2-3,7-9,17H2,1H3,(H,20,21)/t16-/m0/s1. The topological polar surface area (TPSA) is 91.1 Å². The van der Waals surface area contributed by atoms with E-state index in [0.29, 0.717) is 18.7 Å². The van der Waals surface area contributed by atoms with Gasteiger partial charge in [-0.15, -0.1) is 11.8 Å². The number of piperidine rings is 1. The van der Waals surface area contributed by atoms with E-state index in [2.05, 4.69) is 10.3 Å². The lowest BCUT2D eigenvalue weighted by Crippen LogP contribution is -2.56. The van der Waals surface area contributed by atoms with Crippen molar-refractivity contribution >= 4 is 34.5 Å². The number of benzene rings is 1. The van der Waals surface area contributed by atoms with Gasteiger partial charge < -0.3 is 21.1 Å². The number of nitrogens with two attached hydrogens (primary N) is 1. The quantitative estimate of drug-likeness (QED) is 0.650. The van der Waals surface area contributed by atoms with Crippen LogP contribution in [0.2, 0.25) is 0 Å². The lowest BCUT2D eigenvalue weighted by molar-refractivity contribution is -0.145. The third kappa shape index (κ3) is 2.46. The number of hydrogen-bond donors (Lipinski definition) is 4. The number of H-pyrrole nitrogens is 1. The normalized spacial score (nSPS) is 22.0. The lowest BCUT2D eigenvalue weighted by Gasteiger charge is -2.34. The van der Waals surface area contributed by atoms with Crippen LogP contribution >= 0.6 is 11.8 Å². The van der Waals surface area contributed by atoms with Gasteiger partial charge in [-0.25, -0.2) is 0 Å². The molecule has 0 saturated carbocycles. The van der Waals surface area contributed by atoms with Gasteiger partial charge >= 0.3 is 5.97 Å². The largest absolute Gasteiger partial charge is 0.480 e. The van der Waals surface area contributed by atoms with Crippen molar-refractivity contribution in [3.05, 3.63) is 23.8 Å². The first-order valence-electron chi connectivity index (χ1n) is 7.49. The molecule has 1 aliphatic heterocycles. The fraction of sp³-hybridized carbons (Fsp3) is 0.438. The maximum Gasteiger partial charge on any atom is 0.324 e. The minimum absolute atomic E-state index is 0.408. The molecule has 0 spiro atoms. The van der Waals surface area contributed by atoms with Gasteiger partial charge in [0.25, 0.3) is 0 Å². The summed E-state index contributed by atoms with van der Waals surface area (Å²) in [7, 11) is 0. The van der Waals surface area contributed by atoms with Gasteiger partial charge in [0.15, 0.2) is 0 Å². The SMILES string of the molecule is CSc1cccc2[nH]c(N)c(C[C@]3(C(=O)O)CCCCN3)c12. The Labute approximate surface area is 133 Å². The number of anilines is 1. The molecule has 1 aromatic carbocycles. The number of hydrogen-bond acceptors (Lipinski definition) is 4. The number of aromatic nitrogens is 1. The average Bonchev–Trinajstić information content (AvgIpc) is 2.84. The molecule has 0 amide bonds. The Kier molecular flexibility index (Phi) is 4.06. The molecule has 1 atom stereocenters. The number of thioether (sulfide) groups is 1. The molecule has 2 aromatic rings. The lowest BCUT2D eigenvalue weighted by atomic mass is 9.83. The second kappa shape index (κ2) is 5.85. The van der Waals surface area contributed by atoms with E-state index in [9.17, 15) is 9.90 Å². The average molecular weight is 319 g/mol. The summed E-state index contributed by atoms with van der Waals surface area (Å²) in [6.07, 6.45) is 5.01. The third-order valence-electron chi connectivity index (χ3n) is 4.52. The van der Waals surface area contributed by atoms with Crippen LogP contribution in [0.3, 0.4) is 0 Å². The van der Waals surface area contributed by atoms with Crippen molar-refractivity contribution in [2.24, 2.45) is 0 Å². The van der Waals surface area contributed by atoms with Gasteiger partial charge in [-0.05, 0) is 44.2 Å². The summed E-state index contributed by atoms with van der Waals surface area (Å²) in [4.78, 5) is 16.2. The van der Waals surface area contributed by atoms with E-state index in [1.807, 2.05) is 24.5 Å². The van der Waals surface area contributed by atoms with Gasteiger partial charge in [-0.2, -0.15) is 0 Å². The number of nitrogens with one attached hydrogen (secondary N) is 2. The van der Waals surface area contributed by atoms with Gasteiger partial charge in [0.1, 0.15) is 11.4 Å². The van der Waals surface area contributed by atoms with Crippen LogP contribution in [0, 0.1) is 0 Å². The Hall–Kier alpha value is -1.66. The Morgan fingerprint density at radius 1 is 1.45 bits per heavy atom. The highest BCUT2D eigenvalue weighted by molar-refractivity contribution is 7.98. The number of aromatic amines is 1. The van der Waals surface area contributed by atoms with Crippen molar-refractivity contribution in [2.45, 2.75) is 36.1 Å². The summed E-state index contributed by atoms with van der Waals surface area (Å²) >= 11 is 1.65. The molecular formula is C16H21N3O2S. The molecule has 1 fully saturated rings. The van der Waals surface area contributed by atoms with E-state index in [1.54, 1.807) is 11.8 Å². The molecule has 1 saturated heterocycles. The molecule has 0 bridgehead atoms. The summed E-state index contributed by atoms with van der Waals surface area (Å²) < 4.78 is 0. The highest BCUT2D eigenvalue weighted by Gasteiger charge is 2.40. The summed E-state index contributed by atoms with van der Waals surface area (Å²) in [5, 5.41) is 14.0. The second-order valence-corrected chi connectivity index (χ2v) is 6.70. The van der Waals surface area contributed by atoms with Gasteiger partial charge in [-0.3, -0.25) is 4.79 Å². The van der Waals surface area contributed by atoms with Crippen LogP contribution in [0.5, 0.6) is 0 Å². The van der Waals surface area contributed by atoms with Crippen molar-refractivity contribution < 1.29 is 9.90 Å². The van der Waals surface area contributed by atoms with E-state index < -0.39 is 11.5 Å². The van der Waals surface area contributed by atoms with E-state index >= 15 is 0 Å². The van der Waals surface area contributed by atoms with Crippen molar-refractivity contribution in [3.63, 3.8) is 0 Å². The molecule has 118 valence electrons. The number of carboxylic acid groups (broad SMARTS) is 1. The molecule has 0 aliphatic carbocycles. The maximum absolute atomic E-state index is 11.9. The van der Waals surface area contributed by atoms with Gasteiger partial charge in [0, 0.05) is 27.8 Å². The summed E-state index contributed by atoms with van der Waals surface area (Å²) in [6, 6.07) is 6.02. The Morgan fingerprint density at radius 3 is 2.91 bits per heavy atom. The molecule has 1 aliphatic rings. The number of aliphatic carboxylic acids is 1. The zero-order valence-corrected chi connectivity index (χ0v) is 13.4. The summed E-state index contributed by atoms with van der Waals surface area (Å²) in [5.41, 5.74) is 7.14. The van der Waals surface area contributed by atoms with Crippen LogP contribution < -0.4 is 11.1 Å². The van der Waals surface area contributed by atoms with Gasteiger partial charge in [0.2, 0.25) is 0 Å². The highest BCUT2D eigenvalue weighted by Crippen LogP contribution is 2.36. The zero-order valence-electron chi connectivity index (χ0n) is 12.6. The first kappa shape index (κ1) is 15.2. The van der Waals surface area contributed by atoms with Crippen LogP contribution in [-0.4, -0.2) is 34.4 Å². The second-order valence-electron chi connectivity index (χ2n) is 5.85. The molecule has 5 nitrogen and oxygen atoms in total. The molecule has 5 N–H and O–H groups in total. The minimum Gasteiger partial charge on any atom is -0.480 e. The number of carboxylic acids is 1. The van der Waals surface area contributed by atoms with Crippen LogP contribution in [0.1, 0.15) is 24.8 Å². The molecule has 0 radical (unpaired) electrons. The Balaban J connectivity index is 2.09. The summed E-state index contributed by atoms with van der Waals surface area (Å²) in [5.74, 6) is -0.216. The van der Waals surface area contributed by atoms with Crippen molar-refractivity contribution in [1.82, 2.24) is 10.3 Å². The molecule has 22 heavy (non-hydrogen) atoms.